The monoisotopic (exact) mass is 345 g/mol. The van der Waals surface area contributed by atoms with Crippen LogP contribution in [-0.2, 0) is 6.54 Å². The van der Waals surface area contributed by atoms with E-state index in [0.717, 1.165) is 25.5 Å². The third kappa shape index (κ3) is 3.16. The van der Waals surface area contributed by atoms with Crippen LogP contribution in [0, 0.1) is 13.8 Å². The van der Waals surface area contributed by atoms with Crippen LogP contribution >= 0.6 is 11.3 Å². The number of hydrogen-bond acceptors (Lipinski definition) is 4. The Morgan fingerprint density at radius 1 is 0.958 bits per heavy atom. The minimum absolute atomic E-state index is 0.993. The van der Waals surface area contributed by atoms with E-state index in [1.54, 1.807) is 4.90 Å². The molecule has 0 atom stereocenters. The fraction of sp³-hybridized carbons (Fsp3) is 0.684. The molecule has 0 bridgehead atoms. The average molecular weight is 346 g/mol. The molecule has 2 fully saturated rings. The van der Waals surface area contributed by atoms with E-state index in [2.05, 4.69) is 18.7 Å². The third-order valence-corrected chi connectivity index (χ3v) is 6.78. The van der Waals surface area contributed by atoms with E-state index in [1.165, 1.54) is 78.1 Å². The molecule has 2 saturated heterocycles. The second-order valence-electron chi connectivity index (χ2n) is 7.46. The number of hydrogen-bond donors (Lipinski definition) is 1. The summed E-state index contributed by atoms with van der Waals surface area (Å²) in [5, 5.41) is 1.32. The summed E-state index contributed by atoms with van der Waals surface area (Å²) in [6.45, 7) is 10.3. The van der Waals surface area contributed by atoms with E-state index in [-0.39, 0.29) is 0 Å². The van der Waals surface area contributed by atoms with Crippen LogP contribution in [0.3, 0.4) is 0 Å². The molecule has 2 aromatic rings. The first-order valence-corrected chi connectivity index (χ1v) is 10.4. The lowest BCUT2D eigenvalue weighted by Crippen LogP contribution is -3.08. The Bertz CT molecular complexity index is 710. The Morgan fingerprint density at radius 3 is 2.38 bits per heavy atom. The topological polar surface area (TPSA) is 33.5 Å². The van der Waals surface area contributed by atoms with Crippen LogP contribution < -0.4 is 9.80 Å². The molecular weight excluding hydrogens is 316 g/mol. The maximum Gasteiger partial charge on any atom is 0.187 e. The molecule has 0 unspecified atom stereocenters. The molecule has 2 aromatic heterocycles. The van der Waals surface area contributed by atoms with Crippen LogP contribution in [0.1, 0.15) is 54.8 Å². The number of nitrogens with zero attached hydrogens (tertiary/aromatic N) is 3. The van der Waals surface area contributed by atoms with Gasteiger partial charge in [0.2, 0.25) is 0 Å². The fourth-order valence-corrected chi connectivity index (χ4v) is 5.18. The average Bonchev–Trinajstić information content (AvgIpc) is 3.06. The van der Waals surface area contributed by atoms with Gasteiger partial charge in [-0.05, 0) is 32.3 Å². The van der Waals surface area contributed by atoms with Gasteiger partial charge >= 0.3 is 0 Å². The molecule has 0 radical (unpaired) electrons. The first-order valence-electron chi connectivity index (χ1n) is 9.57. The standard InChI is InChI=1S/C19H28N4S/c1-14-15(2)24-19-17(14)18(23-11-5-3-4-6-12-23)20-16(21-19)13-22-9-7-8-10-22/h3-13H2,1-2H3/p+1. The molecule has 4 rings (SSSR count). The van der Waals surface area contributed by atoms with E-state index in [1.807, 2.05) is 11.3 Å². The summed E-state index contributed by atoms with van der Waals surface area (Å²) in [6.07, 6.45) is 8.01. The lowest BCUT2D eigenvalue weighted by Gasteiger charge is -2.23. The summed E-state index contributed by atoms with van der Waals surface area (Å²) in [4.78, 5) is 16.8. The Labute approximate surface area is 148 Å². The zero-order chi connectivity index (χ0) is 16.5. The highest BCUT2D eigenvalue weighted by Gasteiger charge is 2.23. The quantitative estimate of drug-likeness (QED) is 0.929. The largest absolute Gasteiger partial charge is 0.356 e. The van der Waals surface area contributed by atoms with Crippen molar-refractivity contribution in [3.8, 4) is 0 Å². The van der Waals surface area contributed by atoms with Crippen LogP contribution in [0.5, 0.6) is 0 Å². The van der Waals surface area contributed by atoms with E-state index in [4.69, 9.17) is 9.97 Å². The van der Waals surface area contributed by atoms with Crippen LogP contribution in [0.25, 0.3) is 10.2 Å². The van der Waals surface area contributed by atoms with Gasteiger partial charge in [-0.3, -0.25) is 0 Å². The van der Waals surface area contributed by atoms with Crippen LogP contribution in [0.15, 0.2) is 0 Å². The Morgan fingerprint density at radius 2 is 1.67 bits per heavy atom. The minimum Gasteiger partial charge on any atom is -0.356 e. The number of fused-ring (bicyclic) bond motifs is 1. The molecule has 0 spiro atoms. The van der Waals surface area contributed by atoms with Gasteiger partial charge in [0, 0.05) is 30.8 Å². The summed E-state index contributed by atoms with van der Waals surface area (Å²) in [6, 6.07) is 0. The molecule has 130 valence electrons. The minimum atomic E-state index is 0.993. The number of aryl methyl sites for hydroxylation is 2. The smallest absolute Gasteiger partial charge is 0.187 e. The molecule has 0 saturated carbocycles. The van der Waals surface area contributed by atoms with Crippen molar-refractivity contribution in [3.05, 3.63) is 16.3 Å². The van der Waals surface area contributed by atoms with Crippen molar-refractivity contribution in [2.24, 2.45) is 0 Å². The molecule has 4 nitrogen and oxygen atoms in total. The normalized spacial score (nSPS) is 20.0. The number of aromatic nitrogens is 2. The van der Waals surface area contributed by atoms with Crippen LogP contribution in [0.4, 0.5) is 5.82 Å². The van der Waals surface area contributed by atoms with E-state index >= 15 is 0 Å². The zero-order valence-electron chi connectivity index (χ0n) is 15.0. The summed E-state index contributed by atoms with van der Waals surface area (Å²) in [5.41, 5.74) is 1.38. The van der Waals surface area contributed by atoms with Gasteiger partial charge in [0.15, 0.2) is 5.82 Å². The maximum atomic E-state index is 5.10. The Kier molecular flexibility index (Phi) is 4.72. The third-order valence-electron chi connectivity index (χ3n) is 5.68. The number of likely N-dealkylation sites (tertiary alicyclic amines) is 1. The summed E-state index contributed by atoms with van der Waals surface area (Å²) in [7, 11) is 0. The van der Waals surface area contributed by atoms with Crippen molar-refractivity contribution < 1.29 is 4.90 Å². The van der Waals surface area contributed by atoms with Gasteiger partial charge in [-0.15, -0.1) is 11.3 Å². The number of nitrogens with one attached hydrogen (secondary N) is 1. The molecule has 2 aliphatic rings. The lowest BCUT2D eigenvalue weighted by molar-refractivity contribution is -0.902. The molecule has 24 heavy (non-hydrogen) atoms. The number of quaternary nitrogens is 1. The van der Waals surface area contributed by atoms with E-state index in [9.17, 15) is 0 Å². The van der Waals surface area contributed by atoms with Gasteiger partial charge in [0.05, 0.1) is 18.5 Å². The second-order valence-corrected chi connectivity index (χ2v) is 8.67. The SMILES string of the molecule is Cc1sc2nc(C[NH+]3CCCC3)nc(N3CCCCCC3)c2c1C. The number of rotatable bonds is 3. The number of anilines is 1. The zero-order valence-corrected chi connectivity index (χ0v) is 15.8. The highest BCUT2D eigenvalue weighted by molar-refractivity contribution is 7.18. The first-order chi connectivity index (χ1) is 11.7. The molecule has 0 amide bonds. The first kappa shape index (κ1) is 16.3. The van der Waals surface area contributed by atoms with Gasteiger partial charge in [0.25, 0.3) is 0 Å². The molecule has 2 aliphatic heterocycles. The fourth-order valence-electron chi connectivity index (χ4n) is 4.14. The van der Waals surface area contributed by atoms with Crippen molar-refractivity contribution in [1.82, 2.24) is 9.97 Å². The summed E-state index contributed by atoms with van der Waals surface area (Å²) < 4.78 is 0. The predicted octanol–water partition coefficient (Wildman–Crippen LogP) is 2.87. The van der Waals surface area contributed by atoms with Gasteiger partial charge in [-0.25, -0.2) is 9.97 Å². The van der Waals surface area contributed by atoms with Crippen LogP contribution in [-0.4, -0.2) is 36.1 Å². The Hall–Kier alpha value is -1.20. The highest BCUT2D eigenvalue weighted by atomic mass is 32.1. The van der Waals surface area contributed by atoms with Crippen molar-refractivity contribution in [2.75, 3.05) is 31.1 Å². The molecular formula is C19H29N4S+. The van der Waals surface area contributed by atoms with Crippen molar-refractivity contribution in [2.45, 2.75) is 58.9 Å². The van der Waals surface area contributed by atoms with E-state index in [0.29, 0.717) is 0 Å². The summed E-state index contributed by atoms with van der Waals surface area (Å²) in [5.74, 6) is 2.28. The van der Waals surface area contributed by atoms with E-state index < -0.39 is 0 Å². The number of thiophene rings is 1. The van der Waals surface area contributed by atoms with Gasteiger partial charge in [-0.2, -0.15) is 0 Å². The summed E-state index contributed by atoms with van der Waals surface area (Å²) >= 11 is 1.85. The van der Waals surface area contributed by atoms with Gasteiger partial charge in [-0.1, -0.05) is 12.8 Å². The maximum absolute atomic E-state index is 5.10. The lowest BCUT2D eigenvalue weighted by atomic mass is 10.2. The molecule has 4 heterocycles. The van der Waals surface area contributed by atoms with Crippen molar-refractivity contribution in [3.63, 3.8) is 0 Å². The molecule has 0 aromatic carbocycles. The van der Waals surface area contributed by atoms with Crippen molar-refractivity contribution in [1.29, 1.82) is 0 Å². The Balaban J connectivity index is 1.75. The molecule has 0 aliphatic carbocycles. The molecule has 1 N–H and O–H groups in total. The highest BCUT2D eigenvalue weighted by Crippen LogP contribution is 2.35. The second kappa shape index (κ2) is 6.96. The van der Waals surface area contributed by atoms with Gasteiger partial charge in [0.1, 0.15) is 17.2 Å². The van der Waals surface area contributed by atoms with Crippen molar-refractivity contribution >= 4 is 27.4 Å². The molecule has 5 heteroatoms. The van der Waals surface area contributed by atoms with Gasteiger partial charge < -0.3 is 9.80 Å². The van der Waals surface area contributed by atoms with Crippen LogP contribution in [0.2, 0.25) is 0 Å². The predicted molar refractivity (Wildman–Crippen MR) is 101 cm³/mol.